The van der Waals surface area contributed by atoms with Crippen LogP contribution in [0.15, 0.2) is 180 Å². The Labute approximate surface area is 350 Å². The minimum atomic E-state index is -0.144. The molecule has 0 spiro atoms. The van der Waals surface area contributed by atoms with Crippen molar-refractivity contribution in [1.29, 1.82) is 0 Å². The molecule has 7 aromatic carbocycles. The third-order valence-corrected chi connectivity index (χ3v) is 12.0. The third-order valence-electron chi connectivity index (χ3n) is 12.0. The smallest absolute Gasteiger partial charge is 0.153 e. The van der Waals surface area contributed by atoms with Gasteiger partial charge >= 0.3 is 0 Å². The number of aromatic hydroxyl groups is 1. The molecule has 0 saturated heterocycles. The van der Waals surface area contributed by atoms with Crippen LogP contribution in [0.5, 0.6) is 5.75 Å². The van der Waals surface area contributed by atoms with Gasteiger partial charge in [0.25, 0.3) is 0 Å². The first-order valence-corrected chi connectivity index (χ1v) is 20.5. The average molecular weight is 780 g/mol. The second kappa shape index (κ2) is 14.2. The predicted octanol–water partition coefficient (Wildman–Crippen LogP) is 14.3. The first-order chi connectivity index (χ1) is 29.0. The molecule has 1 N–H and O–H groups in total. The number of hydrogen-bond donors (Lipinski definition) is 1. The van der Waals surface area contributed by atoms with E-state index in [-0.39, 0.29) is 16.6 Å². The van der Waals surface area contributed by atoms with Gasteiger partial charge in [0.1, 0.15) is 22.5 Å². The highest BCUT2D eigenvalue weighted by atomic mass is 16.3. The Kier molecular flexibility index (Phi) is 8.80. The molecule has 0 aliphatic rings. The molecule has 3 aromatic heterocycles. The van der Waals surface area contributed by atoms with Gasteiger partial charge in [-0.2, -0.15) is 0 Å². The summed E-state index contributed by atoms with van der Waals surface area (Å²) in [7, 11) is 0. The van der Waals surface area contributed by atoms with Crippen LogP contribution < -0.4 is 0 Å². The zero-order valence-electron chi connectivity index (χ0n) is 34.4. The van der Waals surface area contributed by atoms with Crippen molar-refractivity contribution in [3.8, 4) is 56.3 Å². The molecule has 0 amide bonds. The maximum atomic E-state index is 11.6. The van der Waals surface area contributed by atoms with Crippen molar-refractivity contribution in [2.24, 2.45) is 0 Å². The minimum Gasteiger partial charge on any atom is -0.507 e. The van der Waals surface area contributed by atoms with E-state index in [0.717, 1.165) is 66.6 Å². The number of rotatable bonds is 7. The summed E-state index contributed by atoms with van der Waals surface area (Å²) in [5, 5.41) is 13.6. The van der Waals surface area contributed by atoms with E-state index in [4.69, 9.17) is 14.4 Å². The van der Waals surface area contributed by atoms with Crippen molar-refractivity contribution in [3.63, 3.8) is 0 Å². The van der Waals surface area contributed by atoms with Gasteiger partial charge in [0, 0.05) is 39.2 Å². The Hall–Kier alpha value is -7.24. The highest BCUT2D eigenvalue weighted by Crippen LogP contribution is 2.44. The number of benzene rings is 7. The van der Waals surface area contributed by atoms with Gasteiger partial charge in [-0.05, 0) is 99.5 Å². The summed E-state index contributed by atoms with van der Waals surface area (Å²) in [6.07, 6.45) is 1.91. The van der Waals surface area contributed by atoms with Gasteiger partial charge in [0.2, 0.25) is 0 Å². The van der Waals surface area contributed by atoms with Crippen LogP contribution >= 0.6 is 0 Å². The lowest BCUT2D eigenvalue weighted by Crippen LogP contribution is -2.18. The van der Waals surface area contributed by atoms with Gasteiger partial charge in [-0.25, -0.2) is 4.98 Å². The molecule has 0 aliphatic heterocycles. The molecule has 0 unspecified atom stereocenters. The Bertz CT molecular complexity index is 3210. The van der Waals surface area contributed by atoms with Gasteiger partial charge in [-0.15, -0.1) is 0 Å². The minimum absolute atomic E-state index is 0.105. The molecule has 0 saturated carbocycles. The van der Waals surface area contributed by atoms with Crippen LogP contribution in [0.1, 0.15) is 51.3 Å². The SMILES string of the molecule is CC(C)(C)c1cc(-c2cc(-c3ccc(C(C)(C)c4ccccc4)cc3)ccn2)cc(-c2cccc3c2nc(-c2c(O)ccc4c2oc2ccccc24)n3-c2ccccc2)c1. The lowest BCUT2D eigenvalue weighted by Gasteiger charge is -2.26. The number of phenolic OH excluding ortho intramolecular Hbond substituents is 1. The van der Waals surface area contributed by atoms with E-state index in [1.54, 1.807) is 6.07 Å². The number of hydrogen-bond acceptors (Lipinski definition) is 4. The van der Waals surface area contributed by atoms with Gasteiger partial charge in [-0.3, -0.25) is 9.55 Å². The van der Waals surface area contributed by atoms with Crippen molar-refractivity contribution < 1.29 is 9.52 Å². The van der Waals surface area contributed by atoms with E-state index >= 15 is 0 Å². The van der Waals surface area contributed by atoms with Crippen LogP contribution in [-0.2, 0) is 10.8 Å². The van der Waals surface area contributed by atoms with E-state index in [2.05, 4.69) is 154 Å². The molecule has 0 aliphatic carbocycles. The zero-order valence-corrected chi connectivity index (χ0v) is 34.4. The molecule has 292 valence electrons. The van der Waals surface area contributed by atoms with Gasteiger partial charge < -0.3 is 9.52 Å². The molecule has 60 heavy (non-hydrogen) atoms. The van der Waals surface area contributed by atoms with E-state index in [1.165, 1.54) is 16.7 Å². The fourth-order valence-corrected chi connectivity index (χ4v) is 8.57. The second-order valence-corrected chi connectivity index (χ2v) is 17.3. The average Bonchev–Trinajstić information content (AvgIpc) is 3.85. The topological polar surface area (TPSA) is 64.1 Å². The third kappa shape index (κ3) is 6.34. The summed E-state index contributed by atoms with van der Waals surface area (Å²) in [6.45, 7) is 11.3. The van der Waals surface area contributed by atoms with Crippen molar-refractivity contribution in [2.75, 3.05) is 0 Å². The summed E-state index contributed by atoms with van der Waals surface area (Å²) in [5.74, 6) is 0.707. The van der Waals surface area contributed by atoms with E-state index < -0.39 is 0 Å². The van der Waals surface area contributed by atoms with E-state index in [9.17, 15) is 5.11 Å². The molecule has 10 rings (SSSR count). The maximum absolute atomic E-state index is 11.6. The molecule has 0 atom stereocenters. The van der Waals surface area contributed by atoms with E-state index in [0.29, 0.717) is 17.0 Å². The van der Waals surface area contributed by atoms with Crippen LogP contribution in [0.2, 0.25) is 0 Å². The molecular weight excluding hydrogens is 735 g/mol. The number of fused-ring (bicyclic) bond motifs is 4. The van der Waals surface area contributed by atoms with Crippen molar-refractivity contribution in [1.82, 2.24) is 14.5 Å². The number of imidazole rings is 1. The number of furan rings is 1. The summed E-state index contributed by atoms with van der Waals surface area (Å²) < 4.78 is 8.63. The van der Waals surface area contributed by atoms with Gasteiger partial charge in [0.15, 0.2) is 5.82 Å². The lowest BCUT2D eigenvalue weighted by atomic mass is 9.78. The Balaban J connectivity index is 1.12. The molecule has 0 radical (unpaired) electrons. The highest BCUT2D eigenvalue weighted by Gasteiger charge is 2.26. The molecule has 10 aromatic rings. The fraction of sp³-hybridized carbons (Fsp3) is 0.127. The Morgan fingerprint density at radius 3 is 2.02 bits per heavy atom. The van der Waals surface area contributed by atoms with E-state index in [1.807, 2.05) is 54.7 Å². The molecular formula is C55H45N3O2. The predicted molar refractivity (Wildman–Crippen MR) is 247 cm³/mol. The second-order valence-electron chi connectivity index (χ2n) is 17.3. The monoisotopic (exact) mass is 779 g/mol. The highest BCUT2D eigenvalue weighted by molar-refractivity contribution is 6.11. The molecule has 0 fully saturated rings. The summed E-state index contributed by atoms with van der Waals surface area (Å²) in [6, 6.07) is 58.9. The number of aromatic nitrogens is 3. The fourth-order valence-electron chi connectivity index (χ4n) is 8.57. The summed E-state index contributed by atoms with van der Waals surface area (Å²) >= 11 is 0. The summed E-state index contributed by atoms with van der Waals surface area (Å²) in [4.78, 5) is 10.4. The zero-order chi connectivity index (χ0) is 41.2. The van der Waals surface area contributed by atoms with Crippen LogP contribution in [0.3, 0.4) is 0 Å². The van der Waals surface area contributed by atoms with Crippen molar-refractivity contribution in [3.05, 3.63) is 193 Å². The summed E-state index contributed by atoms with van der Waals surface area (Å²) in [5.41, 5.74) is 14.3. The van der Waals surface area contributed by atoms with Gasteiger partial charge in [0.05, 0.1) is 16.7 Å². The normalized spacial score (nSPS) is 12.2. The molecule has 5 heteroatoms. The number of phenols is 1. The van der Waals surface area contributed by atoms with Gasteiger partial charge in [-0.1, -0.05) is 144 Å². The maximum Gasteiger partial charge on any atom is 0.153 e. The number of nitrogens with zero attached hydrogens (tertiary/aromatic N) is 3. The quantitative estimate of drug-likeness (QED) is 0.175. The van der Waals surface area contributed by atoms with Crippen molar-refractivity contribution in [2.45, 2.75) is 45.4 Å². The molecule has 0 bridgehead atoms. The standard InChI is InChI=1S/C55H45N3O2/c1-54(2,3)41-32-37(31-38(33-41)46-34-36(29-30-56-46)35-23-25-40(26-24-35)55(4,5)39-15-8-6-9-16-39)43-20-14-21-47-51(43)57-53(58(47)42-17-10-7-11-18-42)50-48(59)28-27-45-44-19-12-13-22-49(44)60-52(45)50/h6-34,59H,1-5H3. The Morgan fingerprint density at radius 1 is 0.550 bits per heavy atom. The molecule has 3 heterocycles. The first-order valence-electron chi connectivity index (χ1n) is 20.5. The van der Waals surface area contributed by atoms with Crippen LogP contribution in [-0.4, -0.2) is 19.6 Å². The Morgan fingerprint density at radius 2 is 1.25 bits per heavy atom. The van der Waals surface area contributed by atoms with Crippen LogP contribution in [0.25, 0.3) is 83.6 Å². The largest absolute Gasteiger partial charge is 0.507 e. The molecule has 5 nitrogen and oxygen atoms in total. The number of pyridine rings is 1. The van der Waals surface area contributed by atoms with Crippen LogP contribution in [0, 0.1) is 0 Å². The van der Waals surface area contributed by atoms with Crippen molar-refractivity contribution >= 4 is 33.0 Å². The lowest BCUT2D eigenvalue weighted by molar-refractivity contribution is 0.476. The van der Waals surface area contributed by atoms with Crippen LogP contribution in [0.4, 0.5) is 0 Å². The number of para-hydroxylation sites is 3. The first kappa shape index (κ1) is 37.1.